The Kier molecular flexibility index (Phi) is 4.06. The zero-order valence-electron chi connectivity index (χ0n) is 5.10. The molecule has 0 spiro atoms. The van der Waals surface area contributed by atoms with Gasteiger partial charge in [-0.15, -0.1) is 11.6 Å². The van der Waals surface area contributed by atoms with Gasteiger partial charge in [0, 0.05) is 6.20 Å². The Hall–Kier alpha value is -0.550. The van der Waals surface area contributed by atoms with Crippen LogP contribution in [0.4, 0.5) is 8.78 Å². The fraction of sp³-hybridized carbons (Fsp3) is 0.500. The lowest BCUT2D eigenvalue weighted by Gasteiger charge is -2.17. The number of halogens is 3. The van der Waals surface area contributed by atoms with Crippen molar-refractivity contribution in [2.45, 2.75) is 6.55 Å². The molecule has 0 aromatic carbocycles. The largest absolute Gasteiger partial charge is 0.403 e. The lowest BCUT2D eigenvalue weighted by Crippen LogP contribution is -2.36. The van der Waals surface area contributed by atoms with Crippen LogP contribution in [0, 0.1) is 0 Å². The van der Waals surface area contributed by atoms with Crippen LogP contribution in [0.2, 0.25) is 0 Å². The van der Waals surface area contributed by atoms with E-state index in [9.17, 15) is 8.78 Å². The first-order valence-corrected chi connectivity index (χ1v) is 2.95. The van der Waals surface area contributed by atoms with E-state index < -0.39 is 6.55 Å². The van der Waals surface area contributed by atoms with Crippen molar-refractivity contribution in [2.75, 3.05) is 5.88 Å². The second-order valence-corrected chi connectivity index (χ2v) is 1.74. The maximum absolute atomic E-state index is 11.7. The quantitative estimate of drug-likeness (QED) is 0.280. The van der Waals surface area contributed by atoms with Gasteiger partial charge in [0.15, 0.2) is 0 Å². The van der Waals surface area contributed by atoms with Crippen molar-refractivity contribution in [3.05, 3.63) is 11.9 Å². The first-order valence-electron chi connectivity index (χ1n) is 2.42. The first kappa shape index (κ1) is 9.45. The molecule has 6 heteroatoms. The number of hydrazine groups is 1. The molecule has 0 amide bonds. The van der Waals surface area contributed by atoms with Crippen LogP contribution < -0.4 is 11.6 Å². The van der Waals surface area contributed by atoms with Crippen LogP contribution in [0.3, 0.4) is 0 Å². The van der Waals surface area contributed by atoms with E-state index in [1.807, 2.05) is 0 Å². The van der Waals surface area contributed by atoms with E-state index in [0.29, 0.717) is 0 Å². The molecule has 0 heterocycles. The van der Waals surface area contributed by atoms with Gasteiger partial charge in [-0.2, -0.15) is 8.78 Å². The molecule has 0 fully saturated rings. The summed E-state index contributed by atoms with van der Waals surface area (Å²) in [4.78, 5) is 0. The van der Waals surface area contributed by atoms with E-state index in [-0.39, 0.29) is 16.6 Å². The Bertz CT molecular complexity index is 128. The summed E-state index contributed by atoms with van der Waals surface area (Å²) in [7, 11) is 0. The third kappa shape index (κ3) is 2.36. The predicted molar refractivity (Wildman–Crippen MR) is 35.0 cm³/mol. The number of allylic oxidation sites excluding steroid dienone is 1. The summed E-state index contributed by atoms with van der Waals surface area (Å²) in [5, 5.41) is 0.215. The summed E-state index contributed by atoms with van der Waals surface area (Å²) < 4.78 is 23.4. The lowest BCUT2D eigenvalue weighted by molar-refractivity contribution is -0.00354. The summed E-state index contributed by atoms with van der Waals surface area (Å²) in [6.45, 7) is -2.77. The molecule has 3 nitrogen and oxygen atoms in total. The highest BCUT2D eigenvalue weighted by molar-refractivity contribution is 6.19. The molecule has 0 radical (unpaired) electrons. The zero-order chi connectivity index (χ0) is 8.15. The van der Waals surface area contributed by atoms with Crippen molar-refractivity contribution >= 4 is 11.6 Å². The molecule has 0 unspecified atom stereocenters. The van der Waals surface area contributed by atoms with E-state index in [4.69, 9.17) is 23.2 Å². The van der Waals surface area contributed by atoms with Crippen LogP contribution in [0.15, 0.2) is 11.9 Å². The Morgan fingerprint density at radius 2 is 2.20 bits per heavy atom. The average Bonchev–Trinajstić information content (AvgIpc) is 1.90. The molecule has 0 saturated heterocycles. The van der Waals surface area contributed by atoms with E-state index in [1.165, 1.54) is 0 Å². The Balaban J connectivity index is 4.03. The molecule has 0 rings (SSSR count). The molecule has 10 heavy (non-hydrogen) atoms. The maximum Gasteiger partial charge on any atom is 0.327 e. The van der Waals surface area contributed by atoms with Gasteiger partial charge in [-0.25, -0.2) is 5.84 Å². The van der Waals surface area contributed by atoms with Crippen molar-refractivity contribution in [1.82, 2.24) is 5.01 Å². The van der Waals surface area contributed by atoms with Gasteiger partial charge < -0.3 is 5.73 Å². The lowest BCUT2D eigenvalue weighted by atomic mass is 10.5. The monoisotopic (exact) mass is 171 g/mol. The third-order valence-electron chi connectivity index (χ3n) is 0.871. The molecular weight excluding hydrogens is 164 g/mol. The second-order valence-electron chi connectivity index (χ2n) is 1.48. The fourth-order valence-electron chi connectivity index (χ4n) is 0.325. The normalized spacial score (nSPS) is 12.3. The highest BCUT2D eigenvalue weighted by Crippen LogP contribution is 2.06. The highest BCUT2D eigenvalue weighted by Gasteiger charge is 2.13. The number of nitrogens with zero attached hydrogens (tertiary/aromatic N) is 1. The molecule has 60 valence electrons. The smallest absolute Gasteiger partial charge is 0.327 e. The molecule has 0 aromatic heterocycles. The van der Waals surface area contributed by atoms with Gasteiger partial charge in [-0.05, 0) is 0 Å². The van der Waals surface area contributed by atoms with Crippen molar-refractivity contribution in [2.24, 2.45) is 11.6 Å². The second kappa shape index (κ2) is 4.29. The summed E-state index contributed by atoms with van der Waals surface area (Å²) in [6, 6.07) is 0. The number of hydrogen-bond acceptors (Lipinski definition) is 3. The molecule has 0 bridgehead atoms. The van der Waals surface area contributed by atoms with E-state index in [0.717, 1.165) is 6.20 Å². The molecule has 0 aliphatic carbocycles. The molecule has 0 aliphatic rings. The van der Waals surface area contributed by atoms with Crippen molar-refractivity contribution in [3.8, 4) is 0 Å². The molecule has 4 N–H and O–H groups in total. The minimum atomic E-state index is -2.77. The third-order valence-corrected chi connectivity index (χ3v) is 1.15. The SMILES string of the molecule is N/C=C(/CCl)N(N)C(F)F. The first-order chi connectivity index (χ1) is 4.63. The molecule has 0 atom stereocenters. The Morgan fingerprint density at radius 1 is 1.70 bits per heavy atom. The van der Waals surface area contributed by atoms with Crippen LogP contribution in [0.25, 0.3) is 0 Å². The topological polar surface area (TPSA) is 55.3 Å². The van der Waals surface area contributed by atoms with Gasteiger partial charge >= 0.3 is 6.55 Å². The molecule has 0 saturated carbocycles. The predicted octanol–water partition coefficient (Wildman–Crippen LogP) is 0.424. The van der Waals surface area contributed by atoms with E-state index in [2.05, 4.69) is 0 Å². The number of alkyl halides is 3. The summed E-state index contributed by atoms with van der Waals surface area (Å²) >= 11 is 5.20. The minimum absolute atomic E-state index is 0.00309. The van der Waals surface area contributed by atoms with E-state index >= 15 is 0 Å². The summed E-state index contributed by atoms with van der Waals surface area (Å²) in [6.07, 6.45) is 0.944. The Morgan fingerprint density at radius 3 is 2.30 bits per heavy atom. The highest BCUT2D eigenvalue weighted by atomic mass is 35.5. The zero-order valence-corrected chi connectivity index (χ0v) is 5.85. The van der Waals surface area contributed by atoms with Gasteiger partial charge in [-0.1, -0.05) is 0 Å². The van der Waals surface area contributed by atoms with Crippen LogP contribution in [-0.4, -0.2) is 17.4 Å². The Labute approximate surface area is 62.2 Å². The van der Waals surface area contributed by atoms with Gasteiger partial charge in [0.25, 0.3) is 0 Å². The molecule has 0 aliphatic heterocycles. The van der Waals surface area contributed by atoms with Crippen LogP contribution in [0.5, 0.6) is 0 Å². The van der Waals surface area contributed by atoms with Crippen molar-refractivity contribution in [3.63, 3.8) is 0 Å². The van der Waals surface area contributed by atoms with Crippen LogP contribution in [0.1, 0.15) is 0 Å². The molecule has 0 aromatic rings. The van der Waals surface area contributed by atoms with Crippen LogP contribution >= 0.6 is 11.6 Å². The van der Waals surface area contributed by atoms with E-state index in [1.54, 1.807) is 0 Å². The van der Waals surface area contributed by atoms with Gasteiger partial charge in [-0.3, -0.25) is 5.01 Å². The molecular formula is C4H8ClF2N3. The minimum Gasteiger partial charge on any atom is -0.403 e. The fourth-order valence-corrected chi connectivity index (χ4v) is 0.552. The number of rotatable bonds is 3. The average molecular weight is 172 g/mol. The van der Waals surface area contributed by atoms with Gasteiger partial charge in [0.05, 0.1) is 11.6 Å². The number of hydrogen-bond donors (Lipinski definition) is 2. The van der Waals surface area contributed by atoms with Gasteiger partial charge in [0.1, 0.15) is 0 Å². The van der Waals surface area contributed by atoms with Crippen molar-refractivity contribution in [1.29, 1.82) is 0 Å². The summed E-state index contributed by atoms with van der Waals surface area (Å²) in [5.74, 6) is 4.70. The summed E-state index contributed by atoms with van der Waals surface area (Å²) in [5.41, 5.74) is 4.92. The standard InChI is InChI=1S/C4H8ClF2N3/c5-1-3(2-8)10(9)4(6)7/h2,4H,1,8-9H2/b3-2-. The number of nitrogens with two attached hydrogens (primary N) is 2. The van der Waals surface area contributed by atoms with Crippen LogP contribution in [-0.2, 0) is 0 Å². The van der Waals surface area contributed by atoms with Gasteiger partial charge in [0.2, 0.25) is 0 Å². The van der Waals surface area contributed by atoms with Crippen molar-refractivity contribution < 1.29 is 8.78 Å². The maximum atomic E-state index is 11.7.